The molecule has 1 aromatic rings. The van der Waals surface area contributed by atoms with Crippen molar-refractivity contribution >= 4 is 5.91 Å². The number of nitrogens with one attached hydrogen (secondary N) is 1. The molecule has 5 nitrogen and oxygen atoms in total. The van der Waals surface area contributed by atoms with Gasteiger partial charge in [0.05, 0.1) is 6.61 Å². The molecule has 1 saturated carbocycles. The maximum Gasteiger partial charge on any atom is 0.259 e. The molecule has 1 N–H and O–H groups in total. The van der Waals surface area contributed by atoms with E-state index in [0.29, 0.717) is 19.1 Å². The first-order chi connectivity index (χ1) is 9.15. The van der Waals surface area contributed by atoms with E-state index in [1.54, 1.807) is 12.0 Å². The number of amides is 1. The maximum atomic E-state index is 12.5. The number of hydrogen-bond acceptors (Lipinski definition) is 3. The number of aromatic nitrogens is 1. The quantitative estimate of drug-likeness (QED) is 0.841. The minimum absolute atomic E-state index is 0.155. The van der Waals surface area contributed by atoms with E-state index in [0.717, 1.165) is 12.8 Å². The zero-order valence-electron chi connectivity index (χ0n) is 11.4. The summed E-state index contributed by atoms with van der Waals surface area (Å²) >= 11 is 0. The minimum Gasteiger partial charge on any atom is -0.383 e. The molecule has 1 unspecified atom stereocenters. The Hall–Kier alpha value is -1.62. The van der Waals surface area contributed by atoms with Gasteiger partial charge in [-0.15, -0.1) is 0 Å². The van der Waals surface area contributed by atoms with Crippen molar-refractivity contribution in [3.8, 4) is 0 Å². The van der Waals surface area contributed by atoms with Crippen LogP contribution in [-0.2, 0) is 4.74 Å². The van der Waals surface area contributed by atoms with Gasteiger partial charge in [0.25, 0.3) is 5.91 Å². The highest BCUT2D eigenvalue weighted by molar-refractivity contribution is 5.94. The van der Waals surface area contributed by atoms with E-state index >= 15 is 0 Å². The zero-order valence-corrected chi connectivity index (χ0v) is 11.4. The van der Waals surface area contributed by atoms with Gasteiger partial charge in [-0.1, -0.05) is 0 Å². The van der Waals surface area contributed by atoms with Crippen LogP contribution in [0.2, 0.25) is 0 Å². The molecule has 0 saturated heterocycles. The molecule has 1 aliphatic carbocycles. The van der Waals surface area contributed by atoms with E-state index < -0.39 is 0 Å². The normalized spacial score (nSPS) is 16.1. The van der Waals surface area contributed by atoms with E-state index in [4.69, 9.17) is 4.74 Å². The lowest BCUT2D eigenvalue weighted by molar-refractivity contribution is 0.0593. The Bertz CT molecular complexity index is 493. The van der Waals surface area contributed by atoms with Gasteiger partial charge in [-0.2, -0.15) is 0 Å². The Balaban J connectivity index is 2.19. The monoisotopic (exact) mass is 264 g/mol. The fourth-order valence-electron chi connectivity index (χ4n) is 2.25. The molecule has 1 heterocycles. The summed E-state index contributed by atoms with van der Waals surface area (Å²) in [6.07, 6.45) is 5.32. The van der Waals surface area contributed by atoms with E-state index in [1.165, 1.54) is 18.5 Å². The molecular weight excluding hydrogens is 244 g/mol. The first kappa shape index (κ1) is 13.8. The highest BCUT2D eigenvalue weighted by Gasteiger charge is 2.34. The van der Waals surface area contributed by atoms with Gasteiger partial charge >= 0.3 is 0 Å². The summed E-state index contributed by atoms with van der Waals surface area (Å²) < 4.78 is 5.06. The first-order valence-electron chi connectivity index (χ1n) is 6.62. The van der Waals surface area contributed by atoms with Crippen molar-refractivity contribution < 1.29 is 9.53 Å². The number of hydrogen-bond donors (Lipinski definition) is 1. The van der Waals surface area contributed by atoms with Gasteiger partial charge in [-0.05, 0) is 25.7 Å². The molecule has 1 amide bonds. The van der Waals surface area contributed by atoms with Crippen LogP contribution < -0.4 is 5.43 Å². The van der Waals surface area contributed by atoms with Crippen LogP contribution in [0.3, 0.4) is 0 Å². The third-order valence-electron chi connectivity index (χ3n) is 3.65. The molecule has 0 spiro atoms. The van der Waals surface area contributed by atoms with Gasteiger partial charge in [-0.3, -0.25) is 9.59 Å². The third kappa shape index (κ3) is 3.23. The number of rotatable bonds is 6. The Morgan fingerprint density at radius 1 is 1.58 bits per heavy atom. The van der Waals surface area contributed by atoms with Crippen LogP contribution >= 0.6 is 0 Å². The van der Waals surface area contributed by atoms with Crippen LogP contribution in [-0.4, -0.2) is 42.1 Å². The lowest BCUT2D eigenvalue weighted by Crippen LogP contribution is -2.43. The first-order valence-corrected chi connectivity index (χ1v) is 6.62. The molecule has 5 heteroatoms. The predicted molar refractivity (Wildman–Crippen MR) is 72.2 cm³/mol. The molecular formula is C14H20N2O3. The van der Waals surface area contributed by atoms with Crippen molar-refractivity contribution in [1.82, 2.24) is 9.88 Å². The lowest BCUT2D eigenvalue weighted by atomic mass is 10.1. The Kier molecular flexibility index (Phi) is 4.37. The molecule has 0 bridgehead atoms. The average Bonchev–Trinajstić information content (AvgIpc) is 3.23. The molecule has 0 aliphatic heterocycles. The second kappa shape index (κ2) is 6.02. The predicted octanol–water partition coefficient (Wildman–Crippen LogP) is 1.26. The maximum absolute atomic E-state index is 12.5. The van der Waals surface area contributed by atoms with Crippen LogP contribution in [0.15, 0.2) is 23.3 Å². The van der Waals surface area contributed by atoms with Gasteiger partial charge in [0.15, 0.2) is 5.43 Å². The van der Waals surface area contributed by atoms with Crippen molar-refractivity contribution in [3.63, 3.8) is 0 Å². The minimum atomic E-state index is -0.242. The zero-order chi connectivity index (χ0) is 13.8. The molecule has 19 heavy (non-hydrogen) atoms. The Labute approximate surface area is 112 Å². The molecule has 0 aromatic carbocycles. The molecule has 1 aliphatic rings. The Morgan fingerprint density at radius 3 is 2.89 bits per heavy atom. The van der Waals surface area contributed by atoms with Crippen LogP contribution in [0.4, 0.5) is 0 Å². The second-order valence-electron chi connectivity index (χ2n) is 4.99. The summed E-state index contributed by atoms with van der Waals surface area (Å²) in [6.45, 7) is 3.04. The third-order valence-corrected chi connectivity index (χ3v) is 3.65. The van der Waals surface area contributed by atoms with Crippen LogP contribution in [0.5, 0.6) is 0 Å². The van der Waals surface area contributed by atoms with E-state index in [2.05, 4.69) is 4.98 Å². The van der Waals surface area contributed by atoms with Crippen LogP contribution in [0.1, 0.15) is 30.1 Å². The SMILES string of the molecule is COCCN(C(=O)c1c[nH]ccc1=O)C(C)C1CC1. The standard InChI is InChI=1S/C14H20N2O3/c1-10(11-3-4-11)16(7-8-19-2)14(18)12-9-15-6-5-13(12)17/h5-6,9-11H,3-4,7-8H2,1-2H3,(H,15,17). The molecule has 104 valence electrons. The summed E-state index contributed by atoms with van der Waals surface area (Å²) in [6, 6.07) is 1.53. The van der Waals surface area contributed by atoms with Crippen molar-refractivity contribution in [2.24, 2.45) is 5.92 Å². The highest BCUT2D eigenvalue weighted by Crippen LogP contribution is 2.35. The van der Waals surface area contributed by atoms with Gasteiger partial charge in [-0.25, -0.2) is 0 Å². The second-order valence-corrected chi connectivity index (χ2v) is 4.99. The largest absolute Gasteiger partial charge is 0.383 e. The number of nitrogens with zero attached hydrogens (tertiary/aromatic N) is 1. The van der Waals surface area contributed by atoms with Gasteiger partial charge < -0.3 is 14.6 Å². The number of ether oxygens (including phenoxy) is 1. The smallest absolute Gasteiger partial charge is 0.259 e. The number of methoxy groups -OCH3 is 1. The average molecular weight is 264 g/mol. The van der Waals surface area contributed by atoms with E-state index in [-0.39, 0.29) is 22.9 Å². The number of pyridine rings is 1. The summed E-state index contributed by atoms with van der Waals surface area (Å²) in [7, 11) is 1.61. The lowest BCUT2D eigenvalue weighted by Gasteiger charge is -2.29. The molecule has 1 atom stereocenters. The van der Waals surface area contributed by atoms with Crippen molar-refractivity contribution in [3.05, 3.63) is 34.2 Å². The number of H-pyrrole nitrogens is 1. The van der Waals surface area contributed by atoms with Crippen LogP contribution in [0, 0.1) is 5.92 Å². The van der Waals surface area contributed by atoms with Crippen molar-refractivity contribution in [2.75, 3.05) is 20.3 Å². The number of carbonyl (C=O) groups is 1. The molecule has 1 aromatic heterocycles. The molecule has 1 fully saturated rings. The van der Waals surface area contributed by atoms with E-state index in [9.17, 15) is 9.59 Å². The summed E-state index contributed by atoms with van der Waals surface area (Å²) in [5, 5.41) is 0. The van der Waals surface area contributed by atoms with Crippen LogP contribution in [0.25, 0.3) is 0 Å². The van der Waals surface area contributed by atoms with E-state index in [1.807, 2.05) is 6.92 Å². The van der Waals surface area contributed by atoms with Gasteiger partial charge in [0.2, 0.25) is 0 Å². The Morgan fingerprint density at radius 2 is 2.32 bits per heavy atom. The topological polar surface area (TPSA) is 62.4 Å². The number of carbonyl (C=O) groups excluding carboxylic acids is 1. The van der Waals surface area contributed by atoms with Crippen molar-refractivity contribution in [1.29, 1.82) is 0 Å². The van der Waals surface area contributed by atoms with Gasteiger partial charge in [0, 0.05) is 38.2 Å². The summed E-state index contributed by atoms with van der Waals surface area (Å²) in [4.78, 5) is 28.8. The highest BCUT2D eigenvalue weighted by atomic mass is 16.5. The van der Waals surface area contributed by atoms with Gasteiger partial charge in [0.1, 0.15) is 5.56 Å². The van der Waals surface area contributed by atoms with Crippen molar-refractivity contribution in [2.45, 2.75) is 25.8 Å². The summed E-state index contributed by atoms with van der Waals surface area (Å²) in [5.41, 5.74) is -0.0414. The fraction of sp³-hybridized carbons (Fsp3) is 0.571. The fourth-order valence-corrected chi connectivity index (χ4v) is 2.25. The number of aromatic amines is 1. The summed E-state index contributed by atoms with van der Waals surface area (Å²) in [5.74, 6) is 0.349. The molecule has 2 rings (SSSR count). The molecule has 0 radical (unpaired) electrons.